The summed E-state index contributed by atoms with van der Waals surface area (Å²) in [6.07, 6.45) is -1.40. The molecule has 0 spiro atoms. The Kier molecular flexibility index (Phi) is 8.17. The minimum Gasteiger partial charge on any atom is -0.465 e. The van der Waals surface area contributed by atoms with Crippen LogP contribution >= 0.6 is 0 Å². The van der Waals surface area contributed by atoms with Crippen molar-refractivity contribution in [3.63, 3.8) is 0 Å². The lowest BCUT2D eigenvalue weighted by Gasteiger charge is -2.42. The first-order valence-electron chi connectivity index (χ1n) is 13.4. The molecular formula is C27H36F3N5O4. The Bertz CT molecular complexity index is 1110. The van der Waals surface area contributed by atoms with Gasteiger partial charge in [0.2, 0.25) is 11.5 Å². The zero-order valence-electron chi connectivity index (χ0n) is 22.3. The number of carbonyl (C=O) groups excluding carboxylic acids is 2. The maximum Gasteiger partial charge on any atom is 0.422 e. The summed E-state index contributed by atoms with van der Waals surface area (Å²) in [6, 6.07) is 7.24. The van der Waals surface area contributed by atoms with Crippen LogP contribution in [-0.2, 0) is 19.9 Å². The van der Waals surface area contributed by atoms with Gasteiger partial charge in [0.05, 0.1) is 24.5 Å². The molecule has 1 saturated carbocycles. The van der Waals surface area contributed by atoms with Crippen LogP contribution < -0.4 is 16.1 Å². The van der Waals surface area contributed by atoms with Crippen LogP contribution in [0.4, 0.5) is 18.9 Å². The van der Waals surface area contributed by atoms with Crippen LogP contribution in [0.2, 0.25) is 0 Å². The Hall–Kier alpha value is -2.88. The first kappa shape index (κ1) is 29.1. The minimum atomic E-state index is -5.17. The van der Waals surface area contributed by atoms with Gasteiger partial charge in [-0.25, -0.2) is 10.4 Å². The Balaban J connectivity index is 1.59. The molecule has 2 aliphatic heterocycles. The molecular weight excluding hydrogens is 515 g/mol. The third kappa shape index (κ3) is 5.08. The van der Waals surface area contributed by atoms with Gasteiger partial charge in [-0.3, -0.25) is 9.59 Å². The second-order valence-corrected chi connectivity index (χ2v) is 11.0. The normalized spacial score (nSPS) is 29.5. The molecule has 4 rings (SSSR count). The fourth-order valence-electron chi connectivity index (χ4n) is 6.22. The van der Waals surface area contributed by atoms with Gasteiger partial charge >= 0.3 is 12.1 Å². The van der Waals surface area contributed by atoms with E-state index in [0.717, 1.165) is 51.7 Å². The van der Waals surface area contributed by atoms with Gasteiger partial charge in [0.1, 0.15) is 11.6 Å². The molecule has 214 valence electrons. The van der Waals surface area contributed by atoms with Crippen LogP contribution in [0, 0.1) is 28.6 Å². The van der Waals surface area contributed by atoms with E-state index in [1.54, 1.807) is 0 Å². The number of piperidine rings is 1. The van der Waals surface area contributed by atoms with Crippen LogP contribution in [0.15, 0.2) is 24.3 Å². The first-order valence-corrected chi connectivity index (χ1v) is 13.4. The molecule has 1 aromatic carbocycles. The van der Waals surface area contributed by atoms with Crippen LogP contribution in [0.1, 0.15) is 58.4 Å². The van der Waals surface area contributed by atoms with Gasteiger partial charge in [0.25, 0.3) is 0 Å². The topological polar surface area (TPSA) is 127 Å². The van der Waals surface area contributed by atoms with E-state index in [1.807, 2.05) is 5.01 Å². The number of nitrogens with zero attached hydrogens (tertiary/aromatic N) is 2. The van der Waals surface area contributed by atoms with Crippen molar-refractivity contribution < 1.29 is 32.6 Å². The number of hydrazine groups is 1. The minimum absolute atomic E-state index is 0.0387. The zero-order chi connectivity index (χ0) is 28.6. The smallest absolute Gasteiger partial charge is 0.422 e. The number of esters is 1. The van der Waals surface area contributed by atoms with Crippen molar-refractivity contribution in [2.75, 3.05) is 18.5 Å². The number of hydrogen-bond donors (Lipinski definition) is 4. The highest BCUT2D eigenvalue weighted by Gasteiger charge is 2.67. The predicted octanol–water partition coefficient (Wildman–Crippen LogP) is 3.17. The molecule has 3 fully saturated rings. The number of anilines is 1. The van der Waals surface area contributed by atoms with E-state index < -0.39 is 40.8 Å². The number of benzene rings is 1. The number of carbonyl (C=O) groups is 2. The monoisotopic (exact) mass is 551 g/mol. The van der Waals surface area contributed by atoms with Gasteiger partial charge in [-0.2, -0.15) is 18.4 Å². The SMILES string of the molecule is CCOC(=O)C(C)(C)C(O)(c1ccc(NC2NN([C@H]3CCCC[C@@H]3C#N)C3CCNC(=O)C23)cc1)C(F)(F)F. The van der Waals surface area contributed by atoms with Crippen molar-refractivity contribution in [1.82, 2.24) is 15.8 Å². The number of fused-ring (bicyclic) bond motifs is 1. The molecule has 0 aromatic heterocycles. The van der Waals surface area contributed by atoms with Crippen LogP contribution in [-0.4, -0.2) is 59.6 Å². The first-order chi connectivity index (χ1) is 18.4. The molecule has 6 atom stereocenters. The van der Waals surface area contributed by atoms with Crippen LogP contribution in [0.25, 0.3) is 0 Å². The number of nitriles is 1. The van der Waals surface area contributed by atoms with Gasteiger partial charge in [0.15, 0.2) is 0 Å². The quantitative estimate of drug-likeness (QED) is 0.381. The van der Waals surface area contributed by atoms with Crippen molar-refractivity contribution >= 4 is 17.6 Å². The van der Waals surface area contributed by atoms with E-state index in [4.69, 9.17) is 4.74 Å². The van der Waals surface area contributed by atoms with E-state index in [0.29, 0.717) is 18.7 Å². The molecule has 12 heteroatoms. The van der Waals surface area contributed by atoms with Gasteiger partial charge < -0.3 is 20.5 Å². The number of halogens is 3. The Labute approximate surface area is 226 Å². The molecule has 2 saturated heterocycles. The summed E-state index contributed by atoms with van der Waals surface area (Å²) in [7, 11) is 0. The molecule has 0 bridgehead atoms. The Morgan fingerprint density at radius 3 is 2.46 bits per heavy atom. The van der Waals surface area contributed by atoms with Crippen molar-refractivity contribution in [3.8, 4) is 6.07 Å². The number of alkyl halides is 3. The lowest BCUT2D eigenvalue weighted by Crippen LogP contribution is -2.57. The molecule has 2 heterocycles. The largest absolute Gasteiger partial charge is 0.465 e. The van der Waals surface area contributed by atoms with Crippen molar-refractivity contribution in [3.05, 3.63) is 29.8 Å². The van der Waals surface area contributed by atoms with Crippen LogP contribution in [0.3, 0.4) is 0 Å². The van der Waals surface area contributed by atoms with Gasteiger partial charge in [-0.15, -0.1) is 0 Å². The number of nitrogens with one attached hydrogen (secondary N) is 3. The number of ether oxygens (including phenoxy) is 1. The fraction of sp³-hybridized carbons (Fsp3) is 0.667. The molecule has 4 unspecified atom stereocenters. The molecule has 1 aromatic rings. The molecule has 4 N–H and O–H groups in total. The number of aliphatic hydroxyl groups is 1. The summed E-state index contributed by atoms with van der Waals surface area (Å²) in [5.74, 6) is -1.94. The van der Waals surface area contributed by atoms with Crippen molar-refractivity contribution in [2.45, 2.75) is 82.9 Å². The number of amides is 1. The van der Waals surface area contributed by atoms with Gasteiger partial charge in [-0.1, -0.05) is 25.0 Å². The fourth-order valence-corrected chi connectivity index (χ4v) is 6.22. The lowest BCUT2D eigenvalue weighted by molar-refractivity contribution is -0.303. The second-order valence-electron chi connectivity index (χ2n) is 11.0. The van der Waals surface area contributed by atoms with E-state index in [-0.39, 0.29) is 30.5 Å². The maximum absolute atomic E-state index is 14.3. The van der Waals surface area contributed by atoms with Crippen molar-refractivity contribution in [1.29, 1.82) is 5.26 Å². The van der Waals surface area contributed by atoms with Gasteiger partial charge in [-0.05, 0) is 57.7 Å². The Morgan fingerprint density at radius 1 is 1.18 bits per heavy atom. The average molecular weight is 552 g/mol. The maximum atomic E-state index is 14.3. The molecule has 3 aliphatic rings. The van der Waals surface area contributed by atoms with E-state index in [9.17, 15) is 33.1 Å². The summed E-state index contributed by atoms with van der Waals surface area (Å²) >= 11 is 0. The second kappa shape index (κ2) is 10.9. The summed E-state index contributed by atoms with van der Waals surface area (Å²) in [6.45, 7) is 3.88. The molecule has 0 radical (unpaired) electrons. The molecule has 39 heavy (non-hydrogen) atoms. The molecule has 1 aliphatic carbocycles. The zero-order valence-corrected chi connectivity index (χ0v) is 22.3. The molecule has 1 amide bonds. The number of rotatable bonds is 7. The highest BCUT2D eigenvalue weighted by atomic mass is 19.4. The van der Waals surface area contributed by atoms with Crippen LogP contribution in [0.5, 0.6) is 0 Å². The standard InChI is InChI=1S/C27H36F3N5O4/c1-4-39-24(37)25(2,3)26(38,27(28,29)30)17-9-11-18(12-10-17)33-22-21-20(13-14-32-23(21)36)35(34-22)19-8-6-5-7-16(19)15-31/h9-12,16,19-22,33-34,38H,4-8,13-14H2,1-3H3,(H,32,36)/t16-,19+,20?,21?,22?,26?/m1/s1. The van der Waals surface area contributed by atoms with E-state index in [1.165, 1.54) is 19.1 Å². The summed E-state index contributed by atoms with van der Waals surface area (Å²) in [4.78, 5) is 25.3. The third-order valence-electron chi connectivity index (χ3n) is 8.44. The summed E-state index contributed by atoms with van der Waals surface area (Å²) < 4.78 is 47.6. The summed E-state index contributed by atoms with van der Waals surface area (Å²) in [5, 5.41) is 28.9. The Morgan fingerprint density at radius 2 is 1.85 bits per heavy atom. The van der Waals surface area contributed by atoms with E-state index >= 15 is 0 Å². The predicted molar refractivity (Wildman–Crippen MR) is 135 cm³/mol. The summed E-state index contributed by atoms with van der Waals surface area (Å²) in [5.41, 5.74) is -2.52. The highest BCUT2D eigenvalue weighted by Crippen LogP contribution is 2.51. The van der Waals surface area contributed by atoms with E-state index in [2.05, 4.69) is 22.1 Å². The average Bonchev–Trinajstić information content (AvgIpc) is 3.27. The third-order valence-corrected chi connectivity index (χ3v) is 8.44. The molecule has 9 nitrogen and oxygen atoms in total. The number of hydrogen-bond acceptors (Lipinski definition) is 8. The van der Waals surface area contributed by atoms with Gasteiger partial charge in [0, 0.05) is 24.3 Å². The van der Waals surface area contributed by atoms with Crippen molar-refractivity contribution in [2.24, 2.45) is 17.3 Å². The highest BCUT2D eigenvalue weighted by molar-refractivity contribution is 5.82. The lowest BCUT2D eigenvalue weighted by atomic mass is 9.70.